The van der Waals surface area contributed by atoms with Crippen molar-refractivity contribution < 1.29 is 14.6 Å². The summed E-state index contributed by atoms with van der Waals surface area (Å²) in [7, 11) is 0. The summed E-state index contributed by atoms with van der Waals surface area (Å²) in [5, 5.41) is 21.9. The van der Waals surface area contributed by atoms with Crippen molar-refractivity contribution in [1.29, 1.82) is 0 Å². The van der Waals surface area contributed by atoms with Crippen LogP contribution in [0.4, 0.5) is 4.39 Å². The molecule has 0 spiro atoms. The minimum atomic E-state index is -0.911. The Morgan fingerprint density at radius 2 is 1.87 bits per heavy atom. The Bertz CT molecular complexity index is 362. The summed E-state index contributed by atoms with van der Waals surface area (Å²) in [4.78, 5) is 0. The zero-order valence-corrected chi connectivity index (χ0v) is 8.33. The highest BCUT2D eigenvalue weighted by atomic mass is 19.1. The summed E-state index contributed by atoms with van der Waals surface area (Å²) < 4.78 is 13.2. The van der Waals surface area contributed by atoms with Crippen LogP contribution in [-0.4, -0.2) is 23.3 Å². The lowest BCUT2D eigenvalue weighted by atomic mass is 9.89. The van der Waals surface area contributed by atoms with E-state index in [2.05, 4.69) is 5.32 Å². The van der Waals surface area contributed by atoms with Gasteiger partial charge in [0.25, 0.3) is 0 Å². The molecule has 0 saturated carbocycles. The number of aromatic hydroxyl groups is 2. The largest absolute Gasteiger partial charge is 0.505 e. The number of benzene rings is 1. The van der Waals surface area contributed by atoms with Crippen LogP contribution in [0, 0.1) is 5.82 Å². The van der Waals surface area contributed by atoms with E-state index in [-0.39, 0.29) is 5.92 Å². The lowest BCUT2D eigenvalue weighted by Crippen LogP contribution is -2.26. The quantitative estimate of drug-likeness (QED) is 0.662. The van der Waals surface area contributed by atoms with Gasteiger partial charge in [-0.25, -0.2) is 0 Å². The number of hydrogen-bond donors (Lipinski definition) is 3. The van der Waals surface area contributed by atoms with Crippen LogP contribution in [0.2, 0.25) is 0 Å². The number of rotatable bonds is 1. The number of hydrogen-bond acceptors (Lipinski definition) is 3. The lowest BCUT2D eigenvalue weighted by Gasteiger charge is -2.23. The molecule has 82 valence electrons. The molecule has 0 atom stereocenters. The normalized spacial score (nSPS) is 17.9. The second-order valence-electron chi connectivity index (χ2n) is 3.86. The molecule has 0 aliphatic carbocycles. The van der Waals surface area contributed by atoms with Gasteiger partial charge in [-0.2, -0.15) is 4.39 Å². The standard InChI is InChI=1S/C11H14FNO2/c12-10-9(14)2-1-8(11(10)15)7-3-5-13-6-4-7/h1-2,7,13-15H,3-6H2. The van der Waals surface area contributed by atoms with Crippen molar-refractivity contribution in [3.8, 4) is 11.5 Å². The summed E-state index contributed by atoms with van der Waals surface area (Å²) in [6, 6.07) is 2.90. The summed E-state index contributed by atoms with van der Waals surface area (Å²) >= 11 is 0. The van der Waals surface area contributed by atoms with Crippen molar-refractivity contribution in [2.45, 2.75) is 18.8 Å². The molecule has 0 unspecified atom stereocenters. The van der Waals surface area contributed by atoms with Crippen LogP contribution in [0.25, 0.3) is 0 Å². The average Bonchev–Trinajstić information content (AvgIpc) is 2.27. The molecule has 3 nitrogen and oxygen atoms in total. The van der Waals surface area contributed by atoms with Crippen LogP contribution < -0.4 is 5.32 Å². The highest BCUT2D eigenvalue weighted by molar-refractivity contribution is 5.43. The van der Waals surface area contributed by atoms with E-state index in [1.807, 2.05) is 0 Å². The van der Waals surface area contributed by atoms with Gasteiger partial charge >= 0.3 is 0 Å². The molecule has 0 amide bonds. The van der Waals surface area contributed by atoms with Crippen LogP contribution in [0.1, 0.15) is 24.3 Å². The summed E-state index contributed by atoms with van der Waals surface area (Å²) in [6.07, 6.45) is 1.77. The van der Waals surface area contributed by atoms with Crippen LogP contribution >= 0.6 is 0 Å². The summed E-state index contributed by atoms with van der Waals surface area (Å²) in [5.74, 6) is -1.63. The fourth-order valence-electron chi connectivity index (χ4n) is 2.03. The Morgan fingerprint density at radius 3 is 2.53 bits per heavy atom. The van der Waals surface area contributed by atoms with E-state index >= 15 is 0 Å². The zero-order chi connectivity index (χ0) is 10.8. The maximum atomic E-state index is 13.2. The van der Waals surface area contributed by atoms with Gasteiger partial charge in [0.05, 0.1) is 0 Å². The number of piperidine rings is 1. The van der Waals surface area contributed by atoms with Crippen LogP contribution in [0.5, 0.6) is 11.5 Å². The van der Waals surface area contributed by atoms with Crippen LogP contribution in [0.3, 0.4) is 0 Å². The van der Waals surface area contributed by atoms with Gasteiger partial charge in [0.2, 0.25) is 5.82 Å². The first-order chi connectivity index (χ1) is 7.20. The van der Waals surface area contributed by atoms with Gasteiger partial charge in [0.15, 0.2) is 11.5 Å². The molecule has 0 radical (unpaired) electrons. The molecule has 1 saturated heterocycles. The van der Waals surface area contributed by atoms with Crippen molar-refractivity contribution in [2.24, 2.45) is 0 Å². The predicted octanol–water partition coefficient (Wildman–Crippen LogP) is 1.70. The van der Waals surface area contributed by atoms with Crippen LogP contribution in [0.15, 0.2) is 12.1 Å². The highest BCUT2D eigenvalue weighted by Crippen LogP contribution is 2.36. The van der Waals surface area contributed by atoms with Gasteiger partial charge < -0.3 is 15.5 Å². The molecule has 1 aliphatic heterocycles. The number of halogens is 1. The Kier molecular flexibility index (Phi) is 2.77. The molecule has 1 fully saturated rings. The Hall–Kier alpha value is -1.29. The minimum absolute atomic E-state index is 0.182. The first-order valence-corrected chi connectivity index (χ1v) is 5.11. The van der Waals surface area contributed by atoms with E-state index in [9.17, 15) is 9.50 Å². The van der Waals surface area contributed by atoms with Crippen molar-refractivity contribution in [3.05, 3.63) is 23.5 Å². The third-order valence-electron chi connectivity index (χ3n) is 2.91. The maximum Gasteiger partial charge on any atom is 0.206 e. The molecule has 0 aromatic heterocycles. The van der Waals surface area contributed by atoms with Gasteiger partial charge in [-0.15, -0.1) is 0 Å². The third kappa shape index (κ3) is 1.90. The van der Waals surface area contributed by atoms with Gasteiger partial charge in [0.1, 0.15) is 0 Å². The van der Waals surface area contributed by atoms with Crippen molar-refractivity contribution >= 4 is 0 Å². The average molecular weight is 211 g/mol. The molecule has 1 aromatic rings. The molecular weight excluding hydrogens is 197 g/mol. The van der Waals surface area contributed by atoms with E-state index in [4.69, 9.17) is 5.11 Å². The van der Waals surface area contributed by atoms with Gasteiger partial charge in [-0.05, 0) is 37.9 Å². The van der Waals surface area contributed by atoms with E-state index < -0.39 is 17.3 Å². The Labute approximate surface area is 87.6 Å². The lowest BCUT2D eigenvalue weighted by molar-refractivity contribution is 0.373. The first kappa shape index (κ1) is 10.2. The first-order valence-electron chi connectivity index (χ1n) is 5.11. The minimum Gasteiger partial charge on any atom is -0.505 e. The molecule has 3 N–H and O–H groups in total. The van der Waals surface area contributed by atoms with Crippen molar-refractivity contribution in [2.75, 3.05) is 13.1 Å². The monoisotopic (exact) mass is 211 g/mol. The predicted molar refractivity (Wildman–Crippen MR) is 54.6 cm³/mol. The molecule has 1 aliphatic rings. The summed E-state index contributed by atoms with van der Waals surface area (Å²) in [5.41, 5.74) is 0.604. The van der Waals surface area contributed by atoms with E-state index in [0.717, 1.165) is 25.9 Å². The van der Waals surface area contributed by atoms with Gasteiger partial charge in [0, 0.05) is 5.56 Å². The third-order valence-corrected chi connectivity index (χ3v) is 2.91. The Balaban J connectivity index is 2.31. The number of phenolic OH excluding ortho intramolecular Hbond substituents is 2. The topological polar surface area (TPSA) is 52.5 Å². The van der Waals surface area contributed by atoms with Gasteiger partial charge in [-0.3, -0.25) is 0 Å². The molecular formula is C11H14FNO2. The highest BCUT2D eigenvalue weighted by Gasteiger charge is 2.21. The number of nitrogens with one attached hydrogen (secondary N) is 1. The fourth-order valence-corrected chi connectivity index (χ4v) is 2.03. The smallest absolute Gasteiger partial charge is 0.206 e. The molecule has 4 heteroatoms. The molecule has 15 heavy (non-hydrogen) atoms. The molecule has 1 aromatic carbocycles. The van der Waals surface area contributed by atoms with E-state index in [1.165, 1.54) is 6.07 Å². The Morgan fingerprint density at radius 1 is 1.20 bits per heavy atom. The molecule has 1 heterocycles. The second kappa shape index (κ2) is 4.06. The zero-order valence-electron chi connectivity index (χ0n) is 8.33. The van der Waals surface area contributed by atoms with E-state index in [0.29, 0.717) is 5.56 Å². The van der Waals surface area contributed by atoms with E-state index in [1.54, 1.807) is 6.07 Å². The molecule has 0 bridgehead atoms. The van der Waals surface area contributed by atoms with Gasteiger partial charge in [-0.1, -0.05) is 6.07 Å². The number of phenols is 2. The van der Waals surface area contributed by atoms with Crippen molar-refractivity contribution in [1.82, 2.24) is 5.32 Å². The fraction of sp³-hybridized carbons (Fsp3) is 0.455. The second-order valence-corrected chi connectivity index (χ2v) is 3.86. The van der Waals surface area contributed by atoms with Crippen LogP contribution in [-0.2, 0) is 0 Å². The SMILES string of the molecule is Oc1ccc(C2CCNCC2)c(O)c1F. The summed E-state index contributed by atoms with van der Waals surface area (Å²) in [6.45, 7) is 1.76. The maximum absolute atomic E-state index is 13.2. The molecule has 2 rings (SSSR count). The van der Waals surface area contributed by atoms with Crippen molar-refractivity contribution in [3.63, 3.8) is 0 Å².